The number of carbonyl (C=O) groups excluding carboxylic acids is 1. The second-order valence-corrected chi connectivity index (χ2v) is 9.82. The average Bonchev–Trinajstić information content (AvgIpc) is 3.19. The fraction of sp³-hybridized carbons (Fsp3) is 0.450. The van der Waals surface area contributed by atoms with Gasteiger partial charge >= 0.3 is 10.1 Å². The van der Waals surface area contributed by atoms with Crippen LogP contribution in [0.3, 0.4) is 0 Å². The summed E-state index contributed by atoms with van der Waals surface area (Å²) in [6, 6.07) is 8.77. The summed E-state index contributed by atoms with van der Waals surface area (Å²) in [5.74, 6) is 0.409. The van der Waals surface area contributed by atoms with Crippen molar-refractivity contribution >= 4 is 27.4 Å². The van der Waals surface area contributed by atoms with Crippen molar-refractivity contribution in [3.05, 3.63) is 46.2 Å². The number of benzene rings is 1. The highest BCUT2D eigenvalue weighted by atomic mass is 32.2. The second kappa shape index (κ2) is 9.43. The van der Waals surface area contributed by atoms with Crippen molar-refractivity contribution < 1.29 is 22.1 Å². The lowest BCUT2D eigenvalue weighted by Crippen LogP contribution is -2.37. The predicted molar refractivity (Wildman–Crippen MR) is 112 cm³/mol. The highest BCUT2D eigenvalue weighted by Gasteiger charge is 2.24. The minimum Gasteiger partial charge on any atom is -0.493 e. The van der Waals surface area contributed by atoms with Crippen LogP contribution in [0.15, 0.2) is 35.7 Å². The molecule has 0 saturated carbocycles. The summed E-state index contributed by atoms with van der Waals surface area (Å²) in [5.41, 5.74) is 0.764. The van der Waals surface area contributed by atoms with Gasteiger partial charge in [-0.3, -0.25) is 4.79 Å². The van der Waals surface area contributed by atoms with Crippen LogP contribution in [-0.4, -0.2) is 37.6 Å². The predicted octanol–water partition coefficient (Wildman–Crippen LogP) is 4.31. The summed E-state index contributed by atoms with van der Waals surface area (Å²) in [7, 11) is -2.31. The number of rotatable bonds is 9. The van der Waals surface area contributed by atoms with Crippen molar-refractivity contribution in [3.63, 3.8) is 0 Å². The maximum atomic E-state index is 12.9. The molecule has 2 aromatic rings. The first-order valence-electron chi connectivity index (χ1n) is 9.14. The van der Waals surface area contributed by atoms with Crippen LogP contribution in [0.5, 0.6) is 11.5 Å². The third-order valence-corrected chi connectivity index (χ3v) is 6.90. The maximum absolute atomic E-state index is 12.9. The van der Waals surface area contributed by atoms with Crippen LogP contribution >= 0.6 is 11.3 Å². The van der Waals surface area contributed by atoms with Gasteiger partial charge in [-0.05, 0) is 56.3 Å². The van der Waals surface area contributed by atoms with E-state index in [9.17, 15) is 13.2 Å². The molecule has 0 radical (unpaired) electrons. The fourth-order valence-electron chi connectivity index (χ4n) is 2.49. The van der Waals surface area contributed by atoms with Crippen molar-refractivity contribution in [1.82, 2.24) is 4.90 Å². The molecule has 1 aromatic heterocycles. The Balaban J connectivity index is 2.34. The SMILES string of the molecule is CCC(C)N(Cc1ccc(OC)c(OS(=O)(=O)C(C)C)c1)C(=O)c1cccs1. The molecule has 1 aromatic carbocycles. The van der Waals surface area contributed by atoms with E-state index >= 15 is 0 Å². The topological polar surface area (TPSA) is 72.9 Å². The smallest absolute Gasteiger partial charge is 0.311 e. The van der Waals surface area contributed by atoms with Gasteiger partial charge in [-0.2, -0.15) is 8.42 Å². The Kier molecular flexibility index (Phi) is 7.48. The fourth-order valence-corrected chi connectivity index (χ4v) is 3.74. The molecule has 6 nitrogen and oxygen atoms in total. The first kappa shape index (κ1) is 22.2. The van der Waals surface area contributed by atoms with Crippen molar-refractivity contribution in [2.24, 2.45) is 0 Å². The molecule has 1 amide bonds. The van der Waals surface area contributed by atoms with Crippen molar-refractivity contribution in [1.29, 1.82) is 0 Å². The van der Waals surface area contributed by atoms with Crippen LogP contribution in [0.1, 0.15) is 49.4 Å². The van der Waals surface area contributed by atoms with E-state index in [1.54, 1.807) is 36.9 Å². The molecule has 0 aliphatic rings. The molecule has 1 atom stereocenters. The molecule has 154 valence electrons. The third kappa shape index (κ3) is 5.26. The zero-order valence-electron chi connectivity index (χ0n) is 16.8. The van der Waals surface area contributed by atoms with E-state index in [2.05, 4.69) is 0 Å². The standard InChI is InChI=1S/C20H27NO5S2/c1-6-15(4)21(20(22)19-8-7-11-27-19)13-16-9-10-17(25-5)18(12-16)26-28(23,24)14(2)3/h7-12,14-15H,6,13H2,1-5H3. The van der Waals surface area contributed by atoms with Crippen LogP contribution in [0, 0.1) is 0 Å². The Morgan fingerprint density at radius 3 is 2.43 bits per heavy atom. The molecule has 0 N–H and O–H groups in total. The molecule has 0 saturated heterocycles. The van der Waals surface area contributed by atoms with Gasteiger partial charge in [0.25, 0.3) is 5.91 Å². The van der Waals surface area contributed by atoms with E-state index in [1.165, 1.54) is 18.4 Å². The van der Waals surface area contributed by atoms with Crippen LogP contribution in [-0.2, 0) is 16.7 Å². The summed E-state index contributed by atoms with van der Waals surface area (Å²) in [4.78, 5) is 15.4. The zero-order chi connectivity index (χ0) is 20.9. The summed E-state index contributed by atoms with van der Waals surface area (Å²) in [5, 5.41) is 1.19. The van der Waals surface area contributed by atoms with Gasteiger partial charge in [0.15, 0.2) is 11.5 Å². The van der Waals surface area contributed by atoms with Gasteiger partial charge in [0.1, 0.15) is 0 Å². The number of methoxy groups -OCH3 is 1. The van der Waals surface area contributed by atoms with Gasteiger partial charge in [0.2, 0.25) is 0 Å². The molecule has 0 aliphatic heterocycles. The molecular formula is C20H27NO5S2. The molecule has 0 spiro atoms. The highest BCUT2D eigenvalue weighted by molar-refractivity contribution is 7.87. The molecule has 0 fully saturated rings. The Labute approximate surface area is 171 Å². The summed E-state index contributed by atoms with van der Waals surface area (Å²) < 4.78 is 34.9. The molecule has 2 rings (SSSR count). The van der Waals surface area contributed by atoms with Crippen molar-refractivity contribution in [2.45, 2.75) is 52.0 Å². The van der Waals surface area contributed by atoms with Crippen LogP contribution < -0.4 is 8.92 Å². The van der Waals surface area contributed by atoms with Crippen LogP contribution in [0.25, 0.3) is 0 Å². The van der Waals surface area contributed by atoms with Crippen molar-refractivity contribution in [2.75, 3.05) is 7.11 Å². The molecule has 0 bridgehead atoms. The van der Waals surface area contributed by atoms with E-state index in [0.29, 0.717) is 17.2 Å². The van der Waals surface area contributed by atoms with Crippen LogP contribution in [0.2, 0.25) is 0 Å². The number of nitrogens with zero attached hydrogens (tertiary/aromatic N) is 1. The molecular weight excluding hydrogens is 398 g/mol. The van der Waals surface area contributed by atoms with Gasteiger partial charge < -0.3 is 13.8 Å². The third-order valence-electron chi connectivity index (χ3n) is 4.48. The summed E-state index contributed by atoms with van der Waals surface area (Å²) in [6.07, 6.45) is 0.804. The number of thiophene rings is 1. The molecule has 28 heavy (non-hydrogen) atoms. The van der Waals surface area contributed by atoms with E-state index in [4.69, 9.17) is 8.92 Å². The van der Waals surface area contributed by atoms with Crippen LogP contribution in [0.4, 0.5) is 0 Å². The Morgan fingerprint density at radius 2 is 1.89 bits per heavy atom. The minimum absolute atomic E-state index is 0.0282. The first-order valence-corrected chi connectivity index (χ1v) is 11.5. The normalized spacial score (nSPS) is 12.6. The lowest BCUT2D eigenvalue weighted by Gasteiger charge is -2.28. The Bertz CT molecular complexity index is 891. The van der Waals surface area contributed by atoms with Gasteiger partial charge in [-0.25, -0.2) is 0 Å². The largest absolute Gasteiger partial charge is 0.493 e. The Hall–Kier alpha value is -2.06. The number of hydrogen-bond acceptors (Lipinski definition) is 6. The Morgan fingerprint density at radius 1 is 1.18 bits per heavy atom. The monoisotopic (exact) mass is 425 g/mol. The number of amides is 1. The summed E-state index contributed by atoms with van der Waals surface area (Å²) >= 11 is 1.40. The van der Waals surface area contributed by atoms with Gasteiger partial charge in [-0.15, -0.1) is 11.3 Å². The maximum Gasteiger partial charge on any atom is 0.311 e. The van der Waals surface area contributed by atoms with E-state index < -0.39 is 15.4 Å². The quantitative estimate of drug-likeness (QED) is 0.560. The van der Waals surface area contributed by atoms with Crippen molar-refractivity contribution in [3.8, 4) is 11.5 Å². The molecule has 1 heterocycles. The number of hydrogen-bond donors (Lipinski definition) is 0. The van der Waals surface area contributed by atoms with Gasteiger partial charge in [0, 0.05) is 12.6 Å². The van der Waals surface area contributed by atoms with E-state index in [0.717, 1.165) is 12.0 Å². The first-order chi connectivity index (χ1) is 13.2. The number of carbonyl (C=O) groups is 1. The summed E-state index contributed by atoms with van der Waals surface area (Å²) in [6.45, 7) is 7.46. The average molecular weight is 426 g/mol. The lowest BCUT2D eigenvalue weighted by atomic mass is 10.1. The lowest BCUT2D eigenvalue weighted by molar-refractivity contribution is 0.0676. The van der Waals surface area contributed by atoms with Gasteiger partial charge in [0.05, 0.1) is 17.2 Å². The van der Waals surface area contributed by atoms with Gasteiger partial charge in [-0.1, -0.05) is 19.1 Å². The molecule has 8 heteroatoms. The molecule has 0 aliphatic carbocycles. The van der Waals surface area contributed by atoms with E-state index in [1.807, 2.05) is 31.4 Å². The highest BCUT2D eigenvalue weighted by Crippen LogP contribution is 2.31. The van der Waals surface area contributed by atoms with E-state index in [-0.39, 0.29) is 17.7 Å². The number of ether oxygens (including phenoxy) is 1. The minimum atomic E-state index is -3.76. The molecule has 1 unspecified atom stereocenters. The second-order valence-electron chi connectivity index (χ2n) is 6.78. The zero-order valence-corrected chi connectivity index (χ0v) is 18.5.